The van der Waals surface area contributed by atoms with E-state index in [2.05, 4.69) is 32.7 Å². The van der Waals surface area contributed by atoms with Gasteiger partial charge in [-0.3, -0.25) is 4.79 Å². The molecule has 2 unspecified atom stereocenters. The second kappa shape index (κ2) is 6.71. The zero-order valence-corrected chi connectivity index (χ0v) is 13.3. The molecule has 0 saturated carbocycles. The van der Waals surface area contributed by atoms with Crippen LogP contribution in [-0.2, 0) is 4.79 Å². The van der Waals surface area contributed by atoms with Crippen LogP contribution in [0.2, 0.25) is 0 Å². The van der Waals surface area contributed by atoms with E-state index < -0.39 is 0 Å². The van der Waals surface area contributed by atoms with Crippen molar-refractivity contribution < 1.29 is 4.79 Å². The number of nitrogens with two attached hydrogens (primary N) is 1. The molecule has 0 aromatic rings. The zero-order valence-electron chi connectivity index (χ0n) is 13.3. The molecular formula is C15H31N3O. The zero-order chi connectivity index (χ0) is 14.6. The minimum Gasteiger partial charge on any atom is -0.344 e. The quantitative estimate of drug-likeness (QED) is 0.824. The van der Waals surface area contributed by atoms with Gasteiger partial charge >= 0.3 is 0 Å². The van der Waals surface area contributed by atoms with Gasteiger partial charge in [0.25, 0.3) is 0 Å². The molecule has 2 atom stereocenters. The molecular weight excluding hydrogens is 238 g/mol. The summed E-state index contributed by atoms with van der Waals surface area (Å²) in [6, 6.07) is 0.516. The predicted molar refractivity (Wildman–Crippen MR) is 79.9 cm³/mol. The molecule has 1 rings (SSSR count). The Kier molecular flexibility index (Phi) is 5.81. The number of nitrogens with zero attached hydrogens (tertiary/aromatic N) is 2. The van der Waals surface area contributed by atoms with Gasteiger partial charge in [0.2, 0.25) is 5.91 Å². The average molecular weight is 269 g/mol. The van der Waals surface area contributed by atoms with Gasteiger partial charge in [-0.2, -0.15) is 0 Å². The summed E-state index contributed by atoms with van der Waals surface area (Å²) < 4.78 is 0. The molecule has 1 saturated heterocycles. The number of carbonyl (C=O) groups is 1. The maximum absolute atomic E-state index is 12.5. The summed E-state index contributed by atoms with van der Waals surface area (Å²) in [5, 5.41) is 0. The molecule has 2 N–H and O–H groups in total. The van der Waals surface area contributed by atoms with Crippen LogP contribution in [0.25, 0.3) is 0 Å². The second-order valence-corrected chi connectivity index (χ2v) is 7.19. The summed E-state index contributed by atoms with van der Waals surface area (Å²) in [4.78, 5) is 16.7. The first-order chi connectivity index (χ1) is 8.74. The largest absolute Gasteiger partial charge is 0.344 e. The summed E-state index contributed by atoms with van der Waals surface area (Å²) in [6.45, 7) is 8.90. The van der Waals surface area contributed by atoms with E-state index in [1.807, 2.05) is 11.9 Å². The Bertz CT molecular complexity index is 298. The van der Waals surface area contributed by atoms with Gasteiger partial charge in [0, 0.05) is 26.2 Å². The molecule has 1 aliphatic rings. The molecule has 0 aromatic heterocycles. The number of hydrogen-bond acceptors (Lipinski definition) is 3. The van der Waals surface area contributed by atoms with E-state index in [0.29, 0.717) is 12.6 Å². The Balaban J connectivity index is 2.54. The van der Waals surface area contributed by atoms with Crippen LogP contribution in [0.4, 0.5) is 0 Å². The Labute approximate surface area is 118 Å². The molecule has 0 bridgehead atoms. The molecule has 1 heterocycles. The second-order valence-electron chi connectivity index (χ2n) is 7.19. The third-order valence-corrected chi connectivity index (χ3v) is 4.02. The Morgan fingerprint density at radius 3 is 2.53 bits per heavy atom. The summed E-state index contributed by atoms with van der Waals surface area (Å²) in [5.74, 6) is 0.162. The van der Waals surface area contributed by atoms with E-state index in [4.69, 9.17) is 5.73 Å². The van der Waals surface area contributed by atoms with Crippen LogP contribution in [0, 0.1) is 11.3 Å². The fraction of sp³-hybridized carbons (Fsp3) is 0.933. The van der Waals surface area contributed by atoms with E-state index in [9.17, 15) is 4.79 Å². The highest BCUT2D eigenvalue weighted by molar-refractivity contribution is 5.78. The van der Waals surface area contributed by atoms with Gasteiger partial charge in [-0.1, -0.05) is 20.8 Å². The fourth-order valence-corrected chi connectivity index (χ4v) is 2.94. The van der Waals surface area contributed by atoms with Crippen molar-refractivity contribution in [3.05, 3.63) is 0 Å². The van der Waals surface area contributed by atoms with E-state index in [1.165, 1.54) is 12.8 Å². The molecule has 19 heavy (non-hydrogen) atoms. The first-order valence-corrected chi connectivity index (χ1v) is 7.40. The van der Waals surface area contributed by atoms with Crippen LogP contribution in [0.15, 0.2) is 0 Å². The number of likely N-dealkylation sites (tertiary alicyclic amines) is 1. The highest BCUT2D eigenvalue weighted by Gasteiger charge is 2.29. The lowest BCUT2D eigenvalue weighted by Gasteiger charge is -2.31. The summed E-state index contributed by atoms with van der Waals surface area (Å²) in [6.07, 6.45) is 3.29. The lowest BCUT2D eigenvalue weighted by Crippen LogP contribution is -2.44. The smallest absolute Gasteiger partial charge is 0.226 e. The summed E-state index contributed by atoms with van der Waals surface area (Å²) in [5.41, 5.74) is 5.94. The van der Waals surface area contributed by atoms with Gasteiger partial charge in [-0.05, 0) is 38.3 Å². The normalized spacial score (nSPS) is 22.5. The SMILES string of the molecule is CN(CC1CCCN1C)C(=O)C(CN)CC(C)(C)C. The van der Waals surface area contributed by atoms with Crippen molar-refractivity contribution in [2.24, 2.45) is 17.1 Å². The van der Waals surface area contributed by atoms with Gasteiger partial charge in [0.1, 0.15) is 0 Å². The van der Waals surface area contributed by atoms with Crippen LogP contribution in [0.5, 0.6) is 0 Å². The maximum atomic E-state index is 12.5. The van der Waals surface area contributed by atoms with Crippen molar-refractivity contribution >= 4 is 5.91 Å². The fourth-order valence-electron chi connectivity index (χ4n) is 2.94. The molecule has 1 fully saturated rings. The number of likely N-dealkylation sites (N-methyl/N-ethyl adjacent to an activating group) is 2. The molecule has 0 spiro atoms. The van der Waals surface area contributed by atoms with Crippen molar-refractivity contribution in [1.29, 1.82) is 0 Å². The third-order valence-electron chi connectivity index (χ3n) is 4.02. The maximum Gasteiger partial charge on any atom is 0.226 e. The Morgan fingerprint density at radius 1 is 1.47 bits per heavy atom. The van der Waals surface area contributed by atoms with Crippen LogP contribution in [0.1, 0.15) is 40.0 Å². The van der Waals surface area contributed by atoms with Gasteiger partial charge in [0.15, 0.2) is 0 Å². The molecule has 0 aromatic carbocycles. The van der Waals surface area contributed by atoms with Gasteiger partial charge in [-0.25, -0.2) is 0 Å². The lowest BCUT2D eigenvalue weighted by molar-refractivity contribution is -0.135. The van der Waals surface area contributed by atoms with E-state index >= 15 is 0 Å². The molecule has 112 valence electrons. The Hall–Kier alpha value is -0.610. The highest BCUT2D eigenvalue weighted by Crippen LogP contribution is 2.25. The number of hydrogen-bond donors (Lipinski definition) is 1. The van der Waals surface area contributed by atoms with Crippen molar-refractivity contribution in [1.82, 2.24) is 9.80 Å². The molecule has 4 nitrogen and oxygen atoms in total. The minimum atomic E-state index is -0.0447. The minimum absolute atomic E-state index is 0.0447. The standard InChI is InChI=1S/C15H31N3O/c1-15(2,3)9-12(10-16)14(19)18(5)11-13-7-6-8-17(13)4/h12-13H,6-11,16H2,1-5H3. The molecule has 0 aliphatic carbocycles. The van der Waals surface area contributed by atoms with Gasteiger partial charge in [0.05, 0.1) is 5.92 Å². The van der Waals surface area contributed by atoms with Crippen LogP contribution in [0.3, 0.4) is 0 Å². The Morgan fingerprint density at radius 2 is 2.11 bits per heavy atom. The molecule has 1 aliphatic heterocycles. The topological polar surface area (TPSA) is 49.6 Å². The monoisotopic (exact) mass is 269 g/mol. The van der Waals surface area contributed by atoms with E-state index in [1.54, 1.807) is 0 Å². The van der Waals surface area contributed by atoms with Crippen molar-refractivity contribution in [3.8, 4) is 0 Å². The van der Waals surface area contributed by atoms with Crippen LogP contribution < -0.4 is 5.73 Å². The van der Waals surface area contributed by atoms with Gasteiger partial charge in [-0.15, -0.1) is 0 Å². The first kappa shape index (κ1) is 16.4. The van der Waals surface area contributed by atoms with Gasteiger partial charge < -0.3 is 15.5 Å². The third kappa shape index (κ3) is 5.11. The van der Waals surface area contributed by atoms with Crippen molar-refractivity contribution in [2.45, 2.75) is 46.1 Å². The predicted octanol–water partition coefficient (Wildman–Crippen LogP) is 1.55. The number of rotatable bonds is 5. The lowest BCUT2D eigenvalue weighted by atomic mass is 9.84. The highest BCUT2D eigenvalue weighted by atomic mass is 16.2. The summed E-state index contributed by atoms with van der Waals surface area (Å²) >= 11 is 0. The molecule has 1 amide bonds. The number of carbonyl (C=O) groups excluding carboxylic acids is 1. The summed E-state index contributed by atoms with van der Waals surface area (Å²) in [7, 11) is 4.06. The average Bonchev–Trinajstić information content (AvgIpc) is 2.70. The van der Waals surface area contributed by atoms with E-state index in [-0.39, 0.29) is 17.2 Å². The molecule has 4 heteroatoms. The molecule has 0 radical (unpaired) electrons. The van der Waals surface area contributed by atoms with E-state index in [0.717, 1.165) is 19.5 Å². The van der Waals surface area contributed by atoms with Crippen molar-refractivity contribution in [3.63, 3.8) is 0 Å². The van der Waals surface area contributed by atoms with Crippen molar-refractivity contribution in [2.75, 3.05) is 33.7 Å². The van der Waals surface area contributed by atoms with Crippen LogP contribution in [-0.4, -0.2) is 55.5 Å². The first-order valence-electron chi connectivity index (χ1n) is 7.40. The van der Waals surface area contributed by atoms with Crippen LogP contribution >= 0.6 is 0 Å². The number of amides is 1.